The topological polar surface area (TPSA) is 62.1 Å². The van der Waals surface area contributed by atoms with E-state index in [4.69, 9.17) is 4.74 Å². The molecule has 25 heavy (non-hydrogen) atoms. The van der Waals surface area contributed by atoms with Gasteiger partial charge in [-0.3, -0.25) is 4.79 Å². The molecular weight excluding hydrogens is 337 g/mol. The fourth-order valence-electron chi connectivity index (χ4n) is 3.49. The molecule has 1 aromatic rings. The number of aliphatic hydroxyl groups is 1. The number of rotatable bonds is 2. The van der Waals surface area contributed by atoms with Gasteiger partial charge in [0, 0.05) is 11.3 Å². The Labute approximate surface area is 143 Å². The highest BCUT2D eigenvalue weighted by Crippen LogP contribution is 2.49. The standard InChI is InChI=1S/C17H19F3N2O3/c1-10-6-7-14-13(8-10)16(24,17(18,19)20)22(21-14)15(23)11-4-3-5-12(9-11)25-2/h3-5,9-10,13,24H,6-8H2,1-2H3/t10-,13-,16+/m0/s1. The van der Waals surface area contributed by atoms with Crippen molar-refractivity contribution in [2.24, 2.45) is 16.9 Å². The number of alkyl halides is 3. The number of fused-ring (bicyclic) bond motifs is 1. The third-order valence-corrected chi connectivity index (χ3v) is 4.90. The minimum Gasteiger partial charge on any atom is -0.497 e. The summed E-state index contributed by atoms with van der Waals surface area (Å²) in [6.07, 6.45) is -3.86. The van der Waals surface area contributed by atoms with Crippen molar-refractivity contribution < 1.29 is 27.8 Å². The Bertz CT molecular complexity index is 719. The molecule has 0 radical (unpaired) electrons. The van der Waals surface area contributed by atoms with Crippen LogP contribution in [0.1, 0.15) is 36.5 Å². The Morgan fingerprint density at radius 1 is 1.44 bits per heavy atom. The van der Waals surface area contributed by atoms with Crippen LogP contribution < -0.4 is 4.74 Å². The minimum atomic E-state index is -5.02. The Kier molecular flexibility index (Phi) is 4.26. The van der Waals surface area contributed by atoms with Gasteiger partial charge in [0.2, 0.25) is 0 Å². The second-order valence-corrected chi connectivity index (χ2v) is 6.60. The molecule has 0 saturated heterocycles. The summed E-state index contributed by atoms with van der Waals surface area (Å²) in [5, 5.41) is 14.7. The van der Waals surface area contributed by atoms with Gasteiger partial charge in [0.25, 0.3) is 11.6 Å². The van der Waals surface area contributed by atoms with E-state index >= 15 is 0 Å². The first-order valence-electron chi connectivity index (χ1n) is 8.03. The van der Waals surface area contributed by atoms with Crippen LogP contribution in [0.5, 0.6) is 5.75 Å². The third kappa shape index (κ3) is 2.78. The number of carbonyl (C=O) groups is 1. The molecule has 1 aromatic carbocycles. The number of benzene rings is 1. The Hall–Kier alpha value is -2.09. The van der Waals surface area contributed by atoms with Crippen LogP contribution in [0.3, 0.4) is 0 Å². The zero-order valence-electron chi connectivity index (χ0n) is 13.9. The molecule has 0 spiro atoms. The van der Waals surface area contributed by atoms with E-state index < -0.39 is 23.7 Å². The van der Waals surface area contributed by atoms with Crippen LogP contribution in [-0.4, -0.2) is 40.7 Å². The van der Waals surface area contributed by atoms with Gasteiger partial charge < -0.3 is 9.84 Å². The van der Waals surface area contributed by atoms with Crippen molar-refractivity contribution in [3.63, 3.8) is 0 Å². The summed E-state index contributed by atoms with van der Waals surface area (Å²) >= 11 is 0. The molecule has 1 heterocycles. The van der Waals surface area contributed by atoms with E-state index in [2.05, 4.69) is 5.10 Å². The molecule has 1 N–H and O–H groups in total. The van der Waals surface area contributed by atoms with Crippen molar-refractivity contribution in [3.05, 3.63) is 29.8 Å². The largest absolute Gasteiger partial charge is 0.497 e. The summed E-state index contributed by atoms with van der Waals surface area (Å²) in [7, 11) is 1.39. The van der Waals surface area contributed by atoms with Gasteiger partial charge in [0.05, 0.1) is 13.0 Å². The van der Waals surface area contributed by atoms with Crippen LogP contribution in [0.2, 0.25) is 0 Å². The van der Waals surface area contributed by atoms with Gasteiger partial charge >= 0.3 is 6.18 Å². The van der Waals surface area contributed by atoms with Crippen LogP contribution in [0.25, 0.3) is 0 Å². The lowest BCUT2D eigenvalue weighted by Gasteiger charge is -2.39. The molecule has 1 fully saturated rings. The zero-order valence-corrected chi connectivity index (χ0v) is 13.9. The number of hydrazone groups is 1. The van der Waals surface area contributed by atoms with E-state index in [9.17, 15) is 23.1 Å². The molecule has 0 unspecified atom stereocenters. The lowest BCUT2D eigenvalue weighted by atomic mass is 9.76. The van der Waals surface area contributed by atoms with Gasteiger partial charge in [0.15, 0.2) is 0 Å². The maximum atomic E-state index is 13.8. The molecule has 8 heteroatoms. The fourth-order valence-corrected chi connectivity index (χ4v) is 3.49. The van der Waals surface area contributed by atoms with Crippen LogP contribution >= 0.6 is 0 Å². The summed E-state index contributed by atoms with van der Waals surface area (Å²) in [5.41, 5.74) is -3.12. The van der Waals surface area contributed by atoms with Crippen LogP contribution in [-0.2, 0) is 0 Å². The summed E-state index contributed by atoms with van der Waals surface area (Å²) in [6, 6.07) is 5.76. The number of hydrogen-bond acceptors (Lipinski definition) is 4. The number of nitrogens with zero attached hydrogens (tertiary/aromatic N) is 2. The van der Waals surface area contributed by atoms with Gasteiger partial charge in [-0.1, -0.05) is 13.0 Å². The van der Waals surface area contributed by atoms with Crippen molar-refractivity contribution in [3.8, 4) is 5.75 Å². The summed E-state index contributed by atoms with van der Waals surface area (Å²) < 4.78 is 46.3. The molecule has 0 aromatic heterocycles. The number of ether oxygens (including phenoxy) is 1. The Morgan fingerprint density at radius 3 is 2.80 bits per heavy atom. The Balaban J connectivity index is 2.03. The maximum absolute atomic E-state index is 13.8. The van der Waals surface area contributed by atoms with E-state index in [1.165, 1.54) is 25.3 Å². The normalized spacial score (nSPS) is 29.2. The molecular formula is C17H19F3N2O3. The number of halogens is 3. The molecule has 1 aliphatic carbocycles. The molecule has 136 valence electrons. The van der Waals surface area contributed by atoms with E-state index in [-0.39, 0.29) is 28.6 Å². The van der Waals surface area contributed by atoms with E-state index in [0.29, 0.717) is 18.6 Å². The molecule has 3 rings (SSSR count). The number of hydrogen-bond donors (Lipinski definition) is 1. The lowest BCUT2D eigenvalue weighted by Crippen LogP contribution is -2.61. The fraction of sp³-hybridized carbons (Fsp3) is 0.529. The lowest BCUT2D eigenvalue weighted by molar-refractivity contribution is -0.313. The quantitative estimate of drug-likeness (QED) is 0.885. The number of methoxy groups -OCH3 is 1. The summed E-state index contributed by atoms with van der Waals surface area (Å²) in [4.78, 5) is 12.7. The van der Waals surface area contributed by atoms with Gasteiger partial charge in [-0.25, -0.2) is 0 Å². The van der Waals surface area contributed by atoms with E-state index in [1.807, 2.05) is 6.92 Å². The highest BCUT2D eigenvalue weighted by atomic mass is 19.4. The second-order valence-electron chi connectivity index (χ2n) is 6.60. The predicted octanol–water partition coefficient (Wildman–Crippen LogP) is 3.19. The first-order valence-corrected chi connectivity index (χ1v) is 8.03. The first kappa shape index (κ1) is 17.7. The smallest absolute Gasteiger partial charge is 0.439 e. The maximum Gasteiger partial charge on any atom is 0.439 e. The highest BCUT2D eigenvalue weighted by molar-refractivity contribution is 5.99. The molecule has 5 nitrogen and oxygen atoms in total. The monoisotopic (exact) mass is 356 g/mol. The summed E-state index contributed by atoms with van der Waals surface area (Å²) in [6.45, 7) is 1.83. The second kappa shape index (κ2) is 6.01. The molecule has 3 atom stereocenters. The van der Waals surface area contributed by atoms with Gasteiger partial charge in [-0.05, 0) is 43.4 Å². The van der Waals surface area contributed by atoms with Crippen molar-refractivity contribution in [1.29, 1.82) is 0 Å². The average Bonchev–Trinajstić information content (AvgIpc) is 2.88. The van der Waals surface area contributed by atoms with Crippen molar-refractivity contribution in [2.75, 3.05) is 7.11 Å². The van der Waals surface area contributed by atoms with Gasteiger partial charge in [0.1, 0.15) is 5.75 Å². The molecule has 1 aliphatic heterocycles. The Morgan fingerprint density at radius 2 is 2.16 bits per heavy atom. The van der Waals surface area contributed by atoms with E-state index in [0.717, 1.165) is 0 Å². The van der Waals surface area contributed by atoms with Crippen LogP contribution in [0.4, 0.5) is 13.2 Å². The third-order valence-electron chi connectivity index (χ3n) is 4.90. The van der Waals surface area contributed by atoms with Crippen LogP contribution in [0.15, 0.2) is 29.4 Å². The molecule has 2 aliphatic rings. The van der Waals surface area contributed by atoms with E-state index in [1.54, 1.807) is 6.07 Å². The predicted molar refractivity (Wildman–Crippen MR) is 84.1 cm³/mol. The SMILES string of the molecule is COc1cccc(C(=O)N2N=C3CC[C@H](C)C[C@@H]3[C@@]2(O)C(F)(F)F)c1. The van der Waals surface area contributed by atoms with Gasteiger partial charge in [-0.2, -0.15) is 23.3 Å². The first-order chi connectivity index (χ1) is 11.7. The van der Waals surface area contributed by atoms with Crippen molar-refractivity contribution in [2.45, 2.75) is 38.1 Å². The average molecular weight is 356 g/mol. The molecule has 1 saturated carbocycles. The number of carbonyl (C=O) groups excluding carboxylic acids is 1. The molecule has 1 amide bonds. The van der Waals surface area contributed by atoms with Crippen molar-refractivity contribution >= 4 is 11.6 Å². The van der Waals surface area contributed by atoms with Crippen molar-refractivity contribution in [1.82, 2.24) is 5.01 Å². The molecule has 0 bridgehead atoms. The number of amides is 1. The zero-order chi connectivity index (χ0) is 18.4. The minimum absolute atomic E-state index is 0.0182. The summed E-state index contributed by atoms with van der Waals surface area (Å²) in [5.74, 6) is -1.89. The highest BCUT2D eigenvalue weighted by Gasteiger charge is 2.68. The van der Waals surface area contributed by atoms with Gasteiger partial charge in [-0.15, -0.1) is 0 Å². The van der Waals surface area contributed by atoms with Crippen LogP contribution in [0, 0.1) is 11.8 Å².